The monoisotopic (exact) mass is 220 g/mol. The minimum atomic E-state index is -0.447. The molecule has 0 amide bonds. The Kier molecular flexibility index (Phi) is 4.67. The van der Waals surface area contributed by atoms with Gasteiger partial charge in [-0.15, -0.1) is 0 Å². The normalized spacial score (nSPS) is 9.19. The zero-order chi connectivity index (χ0) is 11.8. The van der Waals surface area contributed by atoms with Gasteiger partial charge in [0.05, 0.1) is 13.0 Å². The van der Waals surface area contributed by atoms with Gasteiger partial charge in [0, 0.05) is 5.69 Å². The van der Waals surface area contributed by atoms with Gasteiger partial charge in [-0.3, -0.25) is 4.79 Å². The summed E-state index contributed by atoms with van der Waals surface area (Å²) in [5, 5.41) is 8.17. The number of hydrogen-bond acceptors (Lipinski definition) is 5. The van der Waals surface area contributed by atoms with Crippen LogP contribution in [0.3, 0.4) is 0 Å². The molecule has 0 saturated heterocycles. The number of nitrogens with zero attached hydrogens (tertiary/aromatic N) is 1. The molecule has 84 valence electrons. The van der Waals surface area contributed by atoms with Crippen LogP contribution in [0.25, 0.3) is 0 Å². The third kappa shape index (κ3) is 4.33. The summed E-state index contributed by atoms with van der Waals surface area (Å²) in [6.07, 6.45) is 0.117. The number of carbonyl (C=O) groups is 1. The fourth-order valence-corrected chi connectivity index (χ4v) is 1.00. The van der Waals surface area contributed by atoms with Gasteiger partial charge in [0.1, 0.15) is 11.8 Å². The summed E-state index contributed by atoms with van der Waals surface area (Å²) >= 11 is 0. The molecule has 0 radical (unpaired) electrons. The van der Waals surface area contributed by atoms with Crippen LogP contribution in [0.4, 0.5) is 5.69 Å². The van der Waals surface area contributed by atoms with E-state index in [-0.39, 0.29) is 19.6 Å². The smallest absolute Gasteiger partial charge is 0.310 e. The Hall–Kier alpha value is -2.22. The molecular formula is C11H12N2O3. The van der Waals surface area contributed by atoms with Crippen molar-refractivity contribution in [2.45, 2.75) is 6.42 Å². The molecule has 5 heteroatoms. The number of anilines is 1. The van der Waals surface area contributed by atoms with Crippen LogP contribution in [0, 0.1) is 11.3 Å². The van der Waals surface area contributed by atoms with Gasteiger partial charge in [-0.25, -0.2) is 0 Å². The second-order valence-corrected chi connectivity index (χ2v) is 2.99. The molecule has 16 heavy (non-hydrogen) atoms. The first kappa shape index (κ1) is 11.9. The highest BCUT2D eigenvalue weighted by Crippen LogP contribution is 2.13. The van der Waals surface area contributed by atoms with Crippen LogP contribution in [0.2, 0.25) is 0 Å². The zero-order valence-corrected chi connectivity index (χ0v) is 8.68. The average Bonchev–Trinajstić information content (AvgIpc) is 2.29. The molecule has 1 aromatic rings. The molecule has 5 nitrogen and oxygen atoms in total. The lowest BCUT2D eigenvalue weighted by Crippen LogP contribution is -2.10. The fraction of sp³-hybridized carbons (Fsp3) is 0.273. The largest absolute Gasteiger partial charge is 0.493 e. The predicted octanol–water partition coefficient (Wildman–Crippen LogP) is 1.10. The molecule has 0 spiro atoms. The summed E-state index contributed by atoms with van der Waals surface area (Å²) in [7, 11) is 0. The van der Waals surface area contributed by atoms with Gasteiger partial charge in [0.2, 0.25) is 0 Å². The number of nitrogen functional groups attached to an aromatic ring is 1. The maximum absolute atomic E-state index is 11.0. The Balaban J connectivity index is 2.23. The number of ether oxygens (including phenoxy) is 2. The molecule has 1 rings (SSSR count). The first-order chi connectivity index (χ1) is 7.72. The minimum absolute atomic E-state index is 0.117. The Morgan fingerprint density at radius 1 is 1.38 bits per heavy atom. The Morgan fingerprint density at radius 3 is 2.69 bits per heavy atom. The summed E-state index contributed by atoms with van der Waals surface area (Å²) in [5.41, 5.74) is 6.15. The van der Waals surface area contributed by atoms with Crippen molar-refractivity contribution in [3.05, 3.63) is 24.3 Å². The Morgan fingerprint density at radius 2 is 2.06 bits per heavy atom. The molecule has 0 bridgehead atoms. The highest BCUT2D eigenvalue weighted by molar-refractivity contribution is 5.69. The van der Waals surface area contributed by atoms with Crippen LogP contribution in [-0.4, -0.2) is 19.2 Å². The van der Waals surface area contributed by atoms with Gasteiger partial charge in [-0.1, -0.05) is 0 Å². The third-order valence-corrected chi connectivity index (χ3v) is 1.75. The molecule has 0 heterocycles. The van der Waals surface area contributed by atoms with Gasteiger partial charge in [-0.05, 0) is 24.3 Å². The molecular weight excluding hydrogens is 208 g/mol. The van der Waals surface area contributed by atoms with E-state index in [2.05, 4.69) is 4.74 Å². The van der Waals surface area contributed by atoms with E-state index in [9.17, 15) is 4.79 Å². The second-order valence-electron chi connectivity index (χ2n) is 2.99. The van der Waals surface area contributed by atoms with E-state index in [4.69, 9.17) is 15.7 Å². The Labute approximate surface area is 93.4 Å². The van der Waals surface area contributed by atoms with Crippen molar-refractivity contribution < 1.29 is 14.3 Å². The highest BCUT2D eigenvalue weighted by Gasteiger charge is 2.02. The van der Waals surface area contributed by atoms with Crippen LogP contribution in [0.15, 0.2) is 24.3 Å². The maximum Gasteiger partial charge on any atom is 0.310 e. The SMILES string of the molecule is N#CCOC(=O)CCOc1ccc(N)cc1. The quantitative estimate of drug-likeness (QED) is 0.593. The molecule has 0 aliphatic heterocycles. The van der Waals surface area contributed by atoms with E-state index in [0.29, 0.717) is 11.4 Å². The molecule has 2 N–H and O–H groups in total. The number of hydrogen-bond donors (Lipinski definition) is 1. The maximum atomic E-state index is 11.0. The third-order valence-electron chi connectivity index (χ3n) is 1.75. The molecule has 0 aromatic heterocycles. The van der Waals surface area contributed by atoms with E-state index in [1.165, 1.54) is 0 Å². The van der Waals surface area contributed by atoms with Crippen LogP contribution >= 0.6 is 0 Å². The summed E-state index contributed by atoms with van der Waals surface area (Å²) in [6, 6.07) is 8.57. The lowest BCUT2D eigenvalue weighted by molar-refractivity contribution is -0.142. The van der Waals surface area contributed by atoms with Crippen molar-refractivity contribution in [1.29, 1.82) is 5.26 Å². The first-order valence-corrected chi connectivity index (χ1v) is 4.73. The summed E-state index contributed by atoms with van der Waals surface area (Å²) in [5.74, 6) is 0.194. The van der Waals surface area contributed by atoms with Gasteiger partial charge in [-0.2, -0.15) is 5.26 Å². The molecule has 0 unspecified atom stereocenters. The van der Waals surface area contributed by atoms with Gasteiger partial charge in [0.15, 0.2) is 6.61 Å². The highest BCUT2D eigenvalue weighted by atomic mass is 16.5. The predicted molar refractivity (Wildman–Crippen MR) is 57.5 cm³/mol. The molecule has 0 fully saturated rings. The lowest BCUT2D eigenvalue weighted by atomic mass is 10.3. The van der Waals surface area contributed by atoms with E-state index in [1.54, 1.807) is 30.3 Å². The molecule has 0 saturated carbocycles. The van der Waals surface area contributed by atoms with Crippen molar-refractivity contribution in [1.82, 2.24) is 0 Å². The van der Waals surface area contributed by atoms with E-state index < -0.39 is 5.97 Å². The van der Waals surface area contributed by atoms with Crippen molar-refractivity contribution in [2.24, 2.45) is 0 Å². The van der Waals surface area contributed by atoms with Crippen LogP contribution < -0.4 is 10.5 Å². The summed E-state index contributed by atoms with van der Waals surface area (Å²) in [6.45, 7) is -0.00508. The summed E-state index contributed by atoms with van der Waals surface area (Å²) < 4.78 is 9.82. The van der Waals surface area contributed by atoms with Crippen LogP contribution in [0.5, 0.6) is 5.75 Å². The number of esters is 1. The number of carbonyl (C=O) groups excluding carboxylic acids is 1. The molecule has 1 aromatic carbocycles. The van der Waals surface area contributed by atoms with E-state index in [0.717, 1.165) is 0 Å². The van der Waals surface area contributed by atoms with Crippen molar-refractivity contribution in [2.75, 3.05) is 18.9 Å². The number of rotatable bonds is 5. The number of nitrogens with two attached hydrogens (primary N) is 1. The van der Waals surface area contributed by atoms with Gasteiger partial charge in [0.25, 0.3) is 0 Å². The zero-order valence-electron chi connectivity index (χ0n) is 8.68. The molecule has 0 aliphatic rings. The van der Waals surface area contributed by atoms with E-state index >= 15 is 0 Å². The summed E-state index contributed by atoms with van der Waals surface area (Å²) in [4.78, 5) is 11.0. The van der Waals surface area contributed by atoms with Crippen molar-refractivity contribution in [3.8, 4) is 11.8 Å². The lowest BCUT2D eigenvalue weighted by Gasteiger charge is -2.05. The van der Waals surface area contributed by atoms with Crippen molar-refractivity contribution >= 4 is 11.7 Å². The molecule has 0 aliphatic carbocycles. The van der Waals surface area contributed by atoms with Crippen LogP contribution in [-0.2, 0) is 9.53 Å². The minimum Gasteiger partial charge on any atom is -0.493 e. The van der Waals surface area contributed by atoms with E-state index in [1.807, 2.05) is 0 Å². The fourth-order valence-electron chi connectivity index (χ4n) is 1.00. The topological polar surface area (TPSA) is 85.3 Å². The number of nitriles is 1. The second kappa shape index (κ2) is 6.30. The standard InChI is InChI=1S/C11H12N2O3/c12-6-8-16-11(14)5-7-15-10-3-1-9(13)2-4-10/h1-4H,5,7-8,13H2. The number of benzene rings is 1. The van der Waals surface area contributed by atoms with Gasteiger partial charge >= 0.3 is 5.97 Å². The van der Waals surface area contributed by atoms with Gasteiger partial charge < -0.3 is 15.2 Å². The first-order valence-electron chi connectivity index (χ1n) is 4.73. The average molecular weight is 220 g/mol. The molecule has 0 atom stereocenters. The van der Waals surface area contributed by atoms with Crippen LogP contribution in [0.1, 0.15) is 6.42 Å². The Bertz CT molecular complexity index is 381. The van der Waals surface area contributed by atoms with Crippen molar-refractivity contribution in [3.63, 3.8) is 0 Å².